The smallest absolute Gasteiger partial charge is 0.191 e. The van der Waals surface area contributed by atoms with Gasteiger partial charge in [-0.1, -0.05) is 12.1 Å². The average molecular weight is 436 g/mol. The summed E-state index contributed by atoms with van der Waals surface area (Å²) in [6.07, 6.45) is 0. The number of ether oxygens (including phenoxy) is 2. The first-order chi connectivity index (χ1) is 15.1. The largest absolute Gasteiger partial charge is 0.489 e. The summed E-state index contributed by atoms with van der Waals surface area (Å²) >= 11 is 0. The van der Waals surface area contributed by atoms with E-state index in [1.54, 1.807) is 19.2 Å². The Kier molecular flexibility index (Phi) is 8.54. The molecular formula is C22H27F3N4O2. The van der Waals surface area contributed by atoms with E-state index in [4.69, 9.17) is 9.47 Å². The Balaban J connectivity index is 1.52. The SMILES string of the molecule is CN=C(NCCOc1ccc(F)cc1F)NCC(c1ccc(F)cc1)N1CCOCC1. The molecule has 2 N–H and O–H groups in total. The Hall–Kier alpha value is -2.78. The Morgan fingerprint density at radius 2 is 1.77 bits per heavy atom. The summed E-state index contributed by atoms with van der Waals surface area (Å²) in [5, 5.41) is 6.38. The van der Waals surface area contributed by atoms with E-state index in [1.165, 1.54) is 18.2 Å². The number of guanidine groups is 1. The van der Waals surface area contributed by atoms with Crippen molar-refractivity contribution in [1.29, 1.82) is 0 Å². The lowest BCUT2D eigenvalue weighted by atomic mass is 10.0. The molecule has 0 aliphatic carbocycles. The molecular weight excluding hydrogens is 409 g/mol. The number of hydrogen-bond donors (Lipinski definition) is 2. The molecule has 2 aromatic carbocycles. The van der Waals surface area contributed by atoms with E-state index < -0.39 is 11.6 Å². The Bertz CT molecular complexity index is 858. The molecule has 0 saturated carbocycles. The van der Waals surface area contributed by atoms with Gasteiger partial charge < -0.3 is 20.1 Å². The highest BCUT2D eigenvalue weighted by atomic mass is 19.1. The second-order valence-electron chi connectivity index (χ2n) is 7.02. The number of nitrogens with one attached hydrogen (secondary N) is 2. The average Bonchev–Trinajstić information content (AvgIpc) is 2.78. The van der Waals surface area contributed by atoms with Crippen LogP contribution in [0, 0.1) is 17.5 Å². The lowest BCUT2D eigenvalue weighted by molar-refractivity contribution is 0.0170. The van der Waals surface area contributed by atoms with Crippen molar-refractivity contribution in [2.75, 3.05) is 53.0 Å². The highest BCUT2D eigenvalue weighted by molar-refractivity contribution is 5.79. The first-order valence-corrected chi connectivity index (χ1v) is 10.2. The zero-order valence-corrected chi connectivity index (χ0v) is 17.4. The highest BCUT2D eigenvalue weighted by Crippen LogP contribution is 2.21. The van der Waals surface area contributed by atoms with Crippen LogP contribution in [-0.2, 0) is 4.74 Å². The summed E-state index contributed by atoms with van der Waals surface area (Å²) in [6, 6.07) is 9.71. The minimum Gasteiger partial charge on any atom is -0.489 e. The van der Waals surface area contributed by atoms with Crippen LogP contribution < -0.4 is 15.4 Å². The van der Waals surface area contributed by atoms with Gasteiger partial charge in [-0.05, 0) is 29.8 Å². The molecule has 6 nitrogen and oxygen atoms in total. The molecule has 1 heterocycles. The van der Waals surface area contributed by atoms with Crippen molar-refractivity contribution in [3.8, 4) is 5.75 Å². The molecule has 0 radical (unpaired) electrons. The molecule has 0 amide bonds. The maximum atomic E-state index is 13.6. The van der Waals surface area contributed by atoms with Crippen LogP contribution in [0.3, 0.4) is 0 Å². The Morgan fingerprint density at radius 1 is 1.06 bits per heavy atom. The summed E-state index contributed by atoms with van der Waals surface area (Å²) in [7, 11) is 1.65. The van der Waals surface area contributed by atoms with Crippen LogP contribution in [0.15, 0.2) is 47.5 Å². The van der Waals surface area contributed by atoms with Gasteiger partial charge in [-0.2, -0.15) is 0 Å². The van der Waals surface area contributed by atoms with Gasteiger partial charge in [0.25, 0.3) is 0 Å². The van der Waals surface area contributed by atoms with E-state index in [9.17, 15) is 13.2 Å². The van der Waals surface area contributed by atoms with Crippen LogP contribution in [0.1, 0.15) is 11.6 Å². The third-order valence-electron chi connectivity index (χ3n) is 4.97. The minimum atomic E-state index is -0.741. The van der Waals surface area contributed by atoms with Crippen molar-refractivity contribution in [2.45, 2.75) is 6.04 Å². The van der Waals surface area contributed by atoms with E-state index in [0.29, 0.717) is 32.3 Å². The van der Waals surface area contributed by atoms with Gasteiger partial charge in [0.15, 0.2) is 17.5 Å². The maximum absolute atomic E-state index is 13.6. The van der Waals surface area contributed by atoms with Gasteiger partial charge in [0, 0.05) is 32.7 Å². The maximum Gasteiger partial charge on any atom is 0.191 e. The van der Waals surface area contributed by atoms with Crippen LogP contribution in [-0.4, -0.2) is 63.9 Å². The number of nitrogens with zero attached hydrogens (tertiary/aromatic N) is 2. The minimum absolute atomic E-state index is 0.00478. The summed E-state index contributed by atoms with van der Waals surface area (Å²) in [6.45, 7) is 3.98. The van der Waals surface area contributed by atoms with Crippen LogP contribution in [0.2, 0.25) is 0 Å². The molecule has 1 saturated heterocycles. The van der Waals surface area contributed by atoms with Gasteiger partial charge in [-0.25, -0.2) is 13.2 Å². The third kappa shape index (κ3) is 6.86. The standard InChI is InChI=1S/C22H27F3N4O2/c1-26-22(27-8-11-31-21-7-6-18(24)14-19(21)25)28-15-20(29-9-12-30-13-10-29)16-2-4-17(23)5-3-16/h2-7,14,20H,8-13,15H2,1H3,(H2,26,27,28). The molecule has 1 atom stereocenters. The first-order valence-electron chi connectivity index (χ1n) is 10.2. The molecule has 1 fully saturated rings. The quantitative estimate of drug-likeness (QED) is 0.379. The zero-order chi connectivity index (χ0) is 22.1. The highest BCUT2D eigenvalue weighted by Gasteiger charge is 2.23. The van der Waals surface area contributed by atoms with Gasteiger partial charge in [0.1, 0.15) is 18.2 Å². The molecule has 0 aromatic heterocycles. The van der Waals surface area contributed by atoms with Gasteiger partial charge in [0.05, 0.1) is 25.8 Å². The molecule has 0 spiro atoms. The van der Waals surface area contributed by atoms with Crippen molar-refractivity contribution in [3.63, 3.8) is 0 Å². The molecule has 1 aliphatic heterocycles. The number of benzene rings is 2. The fourth-order valence-corrected chi connectivity index (χ4v) is 3.37. The summed E-state index contributed by atoms with van der Waals surface area (Å²) in [5.74, 6) is -1.11. The first kappa shape index (κ1) is 22.9. The number of morpholine rings is 1. The van der Waals surface area contributed by atoms with Gasteiger partial charge in [0.2, 0.25) is 0 Å². The molecule has 3 rings (SSSR count). The van der Waals surface area contributed by atoms with Crippen molar-refractivity contribution in [3.05, 3.63) is 65.5 Å². The number of hydrogen-bond acceptors (Lipinski definition) is 4. The van der Waals surface area contributed by atoms with E-state index in [0.717, 1.165) is 30.8 Å². The topological polar surface area (TPSA) is 58.1 Å². The monoisotopic (exact) mass is 436 g/mol. The molecule has 168 valence electrons. The number of rotatable bonds is 8. The van der Waals surface area contributed by atoms with Gasteiger partial charge in [-0.3, -0.25) is 9.89 Å². The predicted molar refractivity (Wildman–Crippen MR) is 113 cm³/mol. The van der Waals surface area contributed by atoms with Crippen molar-refractivity contribution in [1.82, 2.24) is 15.5 Å². The second kappa shape index (κ2) is 11.6. The fourth-order valence-electron chi connectivity index (χ4n) is 3.37. The Labute approximate surface area is 180 Å². The molecule has 0 bridgehead atoms. The van der Waals surface area contributed by atoms with E-state index >= 15 is 0 Å². The summed E-state index contributed by atoms with van der Waals surface area (Å²) in [5.41, 5.74) is 1.00. The van der Waals surface area contributed by atoms with Crippen molar-refractivity contribution >= 4 is 5.96 Å². The van der Waals surface area contributed by atoms with E-state index in [2.05, 4.69) is 20.5 Å². The number of aliphatic imine (C=N–C) groups is 1. The van der Waals surface area contributed by atoms with Crippen LogP contribution >= 0.6 is 0 Å². The predicted octanol–water partition coefficient (Wildman–Crippen LogP) is 2.72. The van der Waals surface area contributed by atoms with Crippen LogP contribution in [0.4, 0.5) is 13.2 Å². The molecule has 1 unspecified atom stereocenters. The number of halogens is 3. The van der Waals surface area contributed by atoms with Crippen molar-refractivity contribution in [2.24, 2.45) is 4.99 Å². The normalized spacial score (nSPS) is 16.1. The second-order valence-corrected chi connectivity index (χ2v) is 7.02. The third-order valence-corrected chi connectivity index (χ3v) is 4.97. The van der Waals surface area contributed by atoms with E-state index in [1.807, 2.05) is 0 Å². The fraction of sp³-hybridized carbons (Fsp3) is 0.409. The molecule has 31 heavy (non-hydrogen) atoms. The van der Waals surface area contributed by atoms with Crippen LogP contribution in [0.5, 0.6) is 5.75 Å². The lowest BCUT2D eigenvalue weighted by Gasteiger charge is -2.35. The van der Waals surface area contributed by atoms with Crippen molar-refractivity contribution < 1.29 is 22.6 Å². The van der Waals surface area contributed by atoms with Gasteiger partial charge >= 0.3 is 0 Å². The van der Waals surface area contributed by atoms with Gasteiger partial charge in [-0.15, -0.1) is 0 Å². The van der Waals surface area contributed by atoms with Crippen LogP contribution in [0.25, 0.3) is 0 Å². The molecule has 2 aromatic rings. The lowest BCUT2D eigenvalue weighted by Crippen LogP contribution is -2.46. The summed E-state index contributed by atoms with van der Waals surface area (Å²) < 4.78 is 50.7. The van der Waals surface area contributed by atoms with E-state index in [-0.39, 0.29) is 24.2 Å². The summed E-state index contributed by atoms with van der Waals surface area (Å²) in [4.78, 5) is 6.49. The molecule has 9 heteroatoms. The zero-order valence-electron chi connectivity index (χ0n) is 17.4. The Morgan fingerprint density at radius 3 is 2.45 bits per heavy atom. The molecule has 1 aliphatic rings.